The van der Waals surface area contributed by atoms with Crippen LogP contribution in [0.1, 0.15) is 37.1 Å². The molecule has 0 spiro atoms. The molecule has 3 heterocycles. The number of likely N-dealkylation sites (N-methyl/N-ethyl adjacent to an activating group) is 1. The number of rotatable bonds is 8. The predicted molar refractivity (Wildman–Crippen MR) is 125 cm³/mol. The molecule has 31 heavy (non-hydrogen) atoms. The second-order valence-electron chi connectivity index (χ2n) is 8.42. The molecule has 0 saturated carbocycles. The van der Waals surface area contributed by atoms with Crippen molar-refractivity contribution in [3.63, 3.8) is 0 Å². The van der Waals surface area contributed by atoms with Gasteiger partial charge in [-0.1, -0.05) is 30.7 Å². The minimum absolute atomic E-state index is 0.0740. The number of aromatic nitrogens is 4. The summed E-state index contributed by atoms with van der Waals surface area (Å²) < 4.78 is 6.41. The molecule has 8 heteroatoms. The Morgan fingerprint density at radius 3 is 2.61 bits per heavy atom. The fraction of sp³-hybridized carbons (Fsp3) is 0.522. The standard InChI is InChI=1S/C23H31ClN6O/c1-4-19-20-22(28-27-19)25-15-26-23(20)30-11-9-17(10-12-30)21(31-14-13-29(2)3)16-5-7-18(24)8-6-16/h5-8,15,17,21H,4,9-14H2,1-3H3,(H,25,26,27,28)/t21-/m0/s1. The molecule has 1 atom stereocenters. The van der Waals surface area contributed by atoms with E-state index in [0.29, 0.717) is 12.5 Å². The Balaban J connectivity index is 1.50. The van der Waals surface area contributed by atoms with Gasteiger partial charge in [-0.3, -0.25) is 5.10 Å². The number of anilines is 1. The van der Waals surface area contributed by atoms with Gasteiger partial charge in [-0.2, -0.15) is 5.10 Å². The summed E-state index contributed by atoms with van der Waals surface area (Å²) in [5.41, 5.74) is 3.04. The van der Waals surface area contributed by atoms with Crippen molar-refractivity contribution in [3.8, 4) is 0 Å². The second-order valence-corrected chi connectivity index (χ2v) is 8.85. The van der Waals surface area contributed by atoms with E-state index in [1.54, 1.807) is 6.33 Å². The predicted octanol–water partition coefficient (Wildman–Crippen LogP) is 4.10. The molecule has 0 aliphatic carbocycles. The van der Waals surface area contributed by atoms with Gasteiger partial charge in [0.15, 0.2) is 5.65 Å². The van der Waals surface area contributed by atoms with Crippen molar-refractivity contribution < 1.29 is 4.74 Å². The number of nitrogens with zero attached hydrogens (tertiary/aromatic N) is 5. The highest BCUT2D eigenvalue weighted by Crippen LogP contribution is 2.36. The fourth-order valence-electron chi connectivity index (χ4n) is 4.33. The van der Waals surface area contributed by atoms with Crippen molar-refractivity contribution >= 4 is 28.5 Å². The summed E-state index contributed by atoms with van der Waals surface area (Å²) in [5.74, 6) is 1.44. The highest BCUT2D eigenvalue weighted by Gasteiger charge is 2.30. The summed E-state index contributed by atoms with van der Waals surface area (Å²) in [5, 5.41) is 9.27. The number of nitrogens with one attached hydrogen (secondary N) is 1. The molecule has 2 aromatic heterocycles. The summed E-state index contributed by atoms with van der Waals surface area (Å²) in [4.78, 5) is 13.5. The maximum absolute atomic E-state index is 6.41. The maximum Gasteiger partial charge on any atom is 0.160 e. The van der Waals surface area contributed by atoms with Gasteiger partial charge in [-0.05, 0) is 57.0 Å². The normalized spacial score (nSPS) is 16.4. The number of fused-ring (bicyclic) bond motifs is 1. The number of benzene rings is 1. The summed E-state index contributed by atoms with van der Waals surface area (Å²) in [6.07, 6.45) is 4.64. The van der Waals surface area contributed by atoms with Gasteiger partial charge in [0, 0.05) is 24.7 Å². The van der Waals surface area contributed by atoms with Gasteiger partial charge in [0.1, 0.15) is 12.1 Å². The lowest BCUT2D eigenvalue weighted by molar-refractivity contribution is -0.00305. The minimum Gasteiger partial charge on any atom is -0.372 e. The van der Waals surface area contributed by atoms with Crippen molar-refractivity contribution in [1.29, 1.82) is 0 Å². The third kappa shape index (κ3) is 5.00. The Morgan fingerprint density at radius 2 is 1.94 bits per heavy atom. The molecule has 0 radical (unpaired) electrons. The van der Waals surface area contributed by atoms with Crippen molar-refractivity contribution in [1.82, 2.24) is 25.1 Å². The van der Waals surface area contributed by atoms with Crippen LogP contribution in [0.2, 0.25) is 5.02 Å². The van der Waals surface area contributed by atoms with Crippen LogP contribution in [0, 0.1) is 5.92 Å². The zero-order valence-electron chi connectivity index (χ0n) is 18.5. The number of halogens is 1. The van der Waals surface area contributed by atoms with Gasteiger partial charge in [0.05, 0.1) is 23.8 Å². The number of hydrogen-bond donors (Lipinski definition) is 1. The Labute approximate surface area is 188 Å². The Bertz CT molecular complexity index is 981. The van der Waals surface area contributed by atoms with Crippen LogP contribution in [-0.4, -0.2) is 65.4 Å². The zero-order valence-corrected chi connectivity index (χ0v) is 19.3. The molecule has 3 aromatic rings. The van der Waals surface area contributed by atoms with Crippen LogP contribution in [0.15, 0.2) is 30.6 Å². The second kappa shape index (κ2) is 9.94. The van der Waals surface area contributed by atoms with Crippen LogP contribution < -0.4 is 4.90 Å². The summed E-state index contributed by atoms with van der Waals surface area (Å²) in [7, 11) is 4.14. The van der Waals surface area contributed by atoms with Crippen LogP contribution in [0.3, 0.4) is 0 Å². The third-order valence-electron chi connectivity index (χ3n) is 6.05. The van der Waals surface area contributed by atoms with Gasteiger partial charge < -0.3 is 14.5 Å². The van der Waals surface area contributed by atoms with E-state index < -0.39 is 0 Å². The molecule has 166 valence electrons. The van der Waals surface area contributed by atoms with Crippen LogP contribution in [-0.2, 0) is 11.2 Å². The first-order valence-corrected chi connectivity index (χ1v) is 11.4. The number of piperidine rings is 1. The lowest BCUT2D eigenvalue weighted by atomic mass is 9.87. The first-order valence-electron chi connectivity index (χ1n) is 11.0. The van der Waals surface area contributed by atoms with Gasteiger partial charge in [-0.15, -0.1) is 0 Å². The van der Waals surface area contributed by atoms with Gasteiger partial charge in [0.2, 0.25) is 0 Å². The van der Waals surface area contributed by atoms with Gasteiger partial charge in [0.25, 0.3) is 0 Å². The topological polar surface area (TPSA) is 70.2 Å². The molecule has 1 aliphatic heterocycles. The van der Waals surface area contributed by atoms with E-state index in [0.717, 1.165) is 66.5 Å². The third-order valence-corrected chi connectivity index (χ3v) is 6.30. The smallest absolute Gasteiger partial charge is 0.160 e. The van der Waals surface area contributed by atoms with Crippen molar-refractivity contribution in [2.24, 2.45) is 5.92 Å². The molecule has 0 unspecified atom stereocenters. The Hall–Kier alpha value is -2.22. The van der Waals surface area contributed by atoms with Crippen LogP contribution >= 0.6 is 11.6 Å². The number of H-pyrrole nitrogens is 1. The quantitative estimate of drug-likeness (QED) is 0.566. The van der Waals surface area contributed by atoms with Crippen molar-refractivity contribution in [2.75, 3.05) is 45.2 Å². The summed E-state index contributed by atoms with van der Waals surface area (Å²) in [6, 6.07) is 8.11. The molecule has 1 aromatic carbocycles. The minimum atomic E-state index is 0.0740. The lowest BCUT2D eigenvalue weighted by Gasteiger charge is -2.37. The number of hydrogen-bond acceptors (Lipinski definition) is 6. The number of aryl methyl sites for hydroxylation is 1. The summed E-state index contributed by atoms with van der Waals surface area (Å²) in [6.45, 7) is 5.60. The molecule has 0 bridgehead atoms. The number of aromatic amines is 1. The van der Waals surface area contributed by atoms with E-state index in [4.69, 9.17) is 16.3 Å². The van der Waals surface area contributed by atoms with Crippen molar-refractivity contribution in [3.05, 3.63) is 46.9 Å². The van der Waals surface area contributed by atoms with Crippen LogP contribution in [0.5, 0.6) is 0 Å². The van der Waals surface area contributed by atoms with E-state index in [9.17, 15) is 0 Å². The first-order chi connectivity index (χ1) is 15.1. The molecule has 1 saturated heterocycles. The highest BCUT2D eigenvalue weighted by molar-refractivity contribution is 6.30. The van der Waals surface area contributed by atoms with E-state index in [1.807, 2.05) is 12.1 Å². The largest absolute Gasteiger partial charge is 0.372 e. The number of ether oxygens (including phenoxy) is 1. The molecule has 4 rings (SSSR count). The molecule has 1 N–H and O–H groups in total. The van der Waals surface area contributed by atoms with Gasteiger partial charge in [-0.25, -0.2) is 9.97 Å². The molecule has 1 fully saturated rings. The molecular weight excluding hydrogens is 412 g/mol. The zero-order chi connectivity index (χ0) is 21.8. The maximum atomic E-state index is 6.41. The van der Waals surface area contributed by atoms with E-state index in [1.165, 1.54) is 5.56 Å². The molecule has 0 amide bonds. The Kier molecular flexibility index (Phi) is 7.05. The average molecular weight is 443 g/mol. The molecule has 7 nitrogen and oxygen atoms in total. The van der Waals surface area contributed by atoms with Crippen LogP contribution in [0.25, 0.3) is 11.0 Å². The fourth-order valence-corrected chi connectivity index (χ4v) is 4.46. The summed E-state index contributed by atoms with van der Waals surface area (Å²) >= 11 is 6.12. The first kappa shape index (κ1) is 22.0. The average Bonchev–Trinajstić information content (AvgIpc) is 3.21. The van der Waals surface area contributed by atoms with E-state index in [-0.39, 0.29) is 6.10 Å². The highest BCUT2D eigenvalue weighted by atomic mass is 35.5. The van der Waals surface area contributed by atoms with Gasteiger partial charge >= 0.3 is 0 Å². The Morgan fingerprint density at radius 1 is 1.19 bits per heavy atom. The van der Waals surface area contributed by atoms with Crippen LogP contribution in [0.4, 0.5) is 5.82 Å². The monoisotopic (exact) mass is 442 g/mol. The van der Waals surface area contributed by atoms with E-state index in [2.05, 4.69) is 63.1 Å². The molecular formula is C23H31ClN6O. The van der Waals surface area contributed by atoms with E-state index >= 15 is 0 Å². The lowest BCUT2D eigenvalue weighted by Crippen LogP contribution is -2.37. The SMILES string of the molecule is CCc1n[nH]c2ncnc(N3CCC([C@@H](OCCN(C)C)c4ccc(Cl)cc4)CC3)c12. The van der Waals surface area contributed by atoms with Crippen molar-refractivity contribution in [2.45, 2.75) is 32.3 Å². The molecule has 1 aliphatic rings.